The van der Waals surface area contributed by atoms with Crippen LogP contribution in [0, 0.1) is 3.57 Å². The van der Waals surface area contributed by atoms with Crippen molar-refractivity contribution in [3.05, 3.63) is 178 Å². The van der Waals surface area contributed by atoms with Crippen molar-refractivity contribution in [2.75, 3.05) is 6.61 Å². The second kappa shape index (κ2) is 15.3. The van der Waals surface area contributed by atoms with Gasteiger partial charge < -0.3 is 4.74 Å². The molecule has 1 unspecified atom stereocenters. The first kappa shape index (κ1) is 41.5. The Labute approximate surface area is 386 Å². The van der Waals surface area contributed by atoms with E-state index in [0.717, 1.165) is 32.1 Å². The molecule has 0 spiro atoms. The molecule has 8 aromatic carbocycles. The van der Waals surface area contributed by atoms with Crippen molar-refractivity contribution < 1.29 is 9.53 Å². The minimum absolute atomic E-state index is 0.0648. The molecular weight excluding hydrogens is 880 g/mol. The van der Waals surface area contributed by atoms with Crippen LogP contribution in [0.25, 0.3) is 76.8 Å². The summed E-state index contributed by atoms with van der Waals surface area (Å²) in [5.74, 6) is -0.362. The third-order valence-corrected chi connectivity index (χ3v) is 15.3. The highest BCUT2D eigenvalue weighted by Crippen LogP contribution is 2.58. The van der Waals surface area contributed by atoms with Crippen molar-refractivity contribution in [2.24, 2.45) is 0 Å². The highest BCUT2D eigenvalue weighted by molar-refractivity contribution is 14.1. The zero-order valence-corrected chi connectivity index (χ0v) is 39.6. The van der Waals surface area contributed by atoms with Crippen LogP contribution in [0.3, 0.4) is 0 Å². The molecule has 0 saturated carbocycles. The van der Waals surface area contributed by atoms with Crippen LogP contribution in [-0.4, -0.2) is 12.6 Å². The maximum absolute atomic E-state index is 11.9. The Kier molecular flexibility index (Phi) is 10.1. The van der Waals surface area contributed by atoms with Crippen molar-refractivity contribution in [3.8, 4) is 44.5 Å². The zero-order valence-electron chi connectivity index (χ0n) is 37.5. The number of unbranched alkanes of at least 4 members (excludes halogenated alkanes) is 2. The molecular formula is C60H55IO2. The lowest BCUT2D eigenvalue weighted by Gasteiger charge is -2.35. The minimum Gasteiger partial charge on any atom is -0.463 e. The minimum atomic E-state index is -0.390. The van der Waals surface area contributed by atoms with E-state index in [-0.39, 0.29) is 22.2 Å². The average molecular weight is 935 g/mol. The van der Waals surface area contributed by atoms with Gasteiger partial charge in [0.2, 0.25) is 0 Å². The second-order valence-corrected chi connectivity index (χ2v) is 20.8. The van der Waals surface area contributed by atoms with E-state index in [2.05, 4.69) is 192 Å². The summed E-state index contributed by atoms with van der Waals surface area (Å²) in [6.07, 6.45) is 5.74. The second-order valence-electron chi connectivity index (χ2n) is 19.6. The number of benzene rings is 8. The smallest absolute Gasteiger partial charge is 0.330 e. The van der Waals surface area contributed by atoms with Crippen molar-refractivity contribution in [1.29, 1.82) is 0 Å². The number of carbonyl (C=O) groups excluding carboxylic acids is 1. The zero-order chi connectivity index (χ0) is 44.0. The van der Waals surface area contributed by atoms with Crippen LogP contribution in [0.2, 0.25) is 0 Å². The maximum atomic E-state index is 11.9. The molecule has 2 nitrogen and oxygen atoms in total. The molecule has 0 saturated heterocycles. The number of halogens is 1. The normalized spacial score (nSPS) is 16.0. The van der Waals surface area contributed by atoms with Gasteiger partial charge in [-0.05, 0) is 182 Å². The molecule has 0 bridgehead atoms. The third kappa shape index (κ3) is 6.59. The highest BCUT2D eigenvalue weighted by Gasteiger charge is 2.45. The Morgan fingerprint density at radius 2 is 1.17 bits per heavy atom. The molecule has 0 radical (unpaired) electrons. The Hall–Kier alpha value is -5.52. The number of fused-ring (bicyclic) bond motifs is 6. The third-order valence-electron chi connectivity index (χ3n) is 14.6. The van der Waals surface area contributed by atoms with Crippen LogP contribution in [0.1, 0.15) is 101 Å². The lowest BCUT2D eigenvalue weighted by molar-refractivity contribution is -0.137. The molecule has 10 rings (SSSR count). The van der Waals surface area contributed by atoms with Crippen LogP contribution >= 0.6 is 22.6 Å². The summed E-state index contributed by atoms with van der Waals surface area (Å²) in [5.41, 5.74) is 17.9. The van der Waals surface area contributed by atoms with Gasteiger partial charge in [-0.2, -0.15) is 0 Å². The van der Waals surface area contributed by atoms with E-state index in [1.165, 1.54) is 120 Å². The van der Waals surface area contributed by atoms with Crippen molar-refractivity contribution in [1.82, 2.24) is 0 Å². The fourth-order valence-electron chi connectivity index (χ4n) is 11.2. The maximum Gasteiger partial charge on any atom is 0.330 e. The molecule has 63 heavy (non-hydrogen) atoms. The number of hydrogen-bond donors (Lipinski definition) is 0. The molecule has 0 fully saturated rings. The van der Waals surface area contributed by atoms with Crippen molar-refractivity contribution in [3.63, 3.8) is 0 Å². The number of esters is 1. The van der Waals surface area contributed by atoms with Crippen LogP contribution in [0.5, 0.6) is 0 Å². The number of carbonyl (C=O) groups is 1. The van der Waals surface area contributed by atoms with Crippen LogP contribution in [-0.2, 0) is 25.8 Å². The topological polar surface area (TPSA) is 26.3 Å². The van der Waals surface area contributed by atoms with E-state index >= 15 is 0 Å². The van der Waals surface area contributed by atoms with E-state index in [4.69, 9.17) is 11.3 Å². The van der Waals surface area contributed by atoms with Gasteiger partial charge >= 0.3 is 5.97 Å². The number of allylic oxidation sites excluding steroid dienone is 1. The summed E-state index contributed by atoms with van der Waals surface area (Å²) in [6, 6.07) is 47.2. The monoisotopic (exact) mass is 934 g/mol. The largest absolute Gasteiger partial charge is 0.463 e. The molecule has 8 aromatic rings. The van der Waals surface area contributed by atoms with E-state index in [9.17, 15) is 4.79 Å². The Balaban J connectivity index is 1.11. The molecule has 0 aromatic heterocycles. The predicted octanol–water partition coefficient (Wildman–Crippen LogP) is 16.6. The average Bonchev–Trinajstić information content (AvgIpc) is 3.69. The summed E-state index contributed by atoms with van der Waals surface area (Å²) in [7, 11) is 0. The quantitative estimate of drug-likeness (QED) is 0.0323. The van der Waals surface area contributed by atoms with Gasteiger partial charge in [0, 0.05) is 20.5 Å². The molecule has 0 amide bonds. The fraction of sp³-hybridized carbons (Fsp3) is 0.250. The Morgan fingerprint density at radius 1 is 0.635 bits per heavy atom. The first-order valence-corrected chi connectivity index (χ1v) is 23.8. The summed E-state index contributed by atoms with van der Waals surface area (Å²) >= 11 is 2.44. The van der Waals surface area contributed by atoms with Gasteiger partial charge in [-0.3, -0.25) is 0 Å². The number of hydrogen-bond acceptors (Lipinski definition) is 2. The lowest BCUT2D eigenvalue weighted by atomic mass is 9.67. The molecule has 314 valence electrons. The van der Waals surface area contributed by atoms with Crippen molar-refractivity contribution >= 4 is 60.9 Å². The fourth-order valence-corrected chi connectivity index (χ4v) is 11.7. The first-order valence-electron chi connectivity index (χ1n) is 22.7. The van der Waals surface area contributed by atoms with Gasteiger partial charge in [0.15, 0.2) is 0 Å². The van der Waals surface area contributed by atoms with Gasteiger partial charge in [0.1, 0.15) is 0 Å². The summed E-state index contributed by atoms with van der Waals surface area (Å²) in [6.45, 7) is 22.8. The van der Waals surface area contributed by atoms with Crippen LogP contribution in [0.15, 0.2) is 146 Å². The SMILES string of the molecule is C=CC(=O)OCCCCCC1(C(=C)CC)c2cc(-c3ccc4c(c3)C(C)(C)c3cc(I)ccc3-4)ccc2-c2ccc(-c3ccc4ccc5cc(C(C)(C)C)cc6ccc3c4c56)cc21. The van der Waals surface area contributed by atoms with Crippen LogP contribution < -0.4 is 0 Å². The van der Waals surface area contributed by atoms with Gasteiger partial charge in [-0.25, -0.2) is 4.79 Å². The van der Waals surface area contributed by atoms with E-state index < -0.39 is 0 Å². The summed E-state index contributed by atoms with van der Waals surface area (Å²) in [5, 5.41) is 7.86. The lowest BCUT2D eigenvalue weighted by Crippen LogP contribution is -2.27. The molecule has 0 aliphatic heterocycles. The molecule has 1 atom stereocenters. The van der Waals surface area contributed by atoms with Gasteiger partial charge in [0.05, 0.1) is 6.61 Å². The summed E-state index contributed by atoms with van der Waals surface area (Å²) < 4.78 is 6.67. The van der Waals surface area contributed by atoms with Crippen molar-refractivity contribution in [2.45, 2.75) is 89.9 Å². The highest BCUT2D eigenvalue weighted by atomic mass is 127. The van der Waals surface area contributed by atoms with Gasteiger partial charge in [0.25, 0.3) is 0 Å². The molecule has 0 heterocycles. The number of rotatable bonds is 11. The molecule has 3 heteroatoms. The van der Waals surface area contributed by atoms with E-state index in [1.807, 2.05) is 0 Å². The molecule has 0 N–H and O–H groups in total. The van der Waals surface area contributed by atoms with E-state index in [0.29, 0.717) is 6.61 Å². The predicted molar refractivity (Wildman–Crippen MR) is 275 cm³/mol. The summed E-state index contributed by atoms with van der Waals surface area (Å²) in [4.78, 5) is 11.9. The molecule has 2 aliphatic carbocycles. The van der Waals surface area contributed by atoms with E-state index in [1.54, 1.807) is 0 Å². The Bertz CT molecular complexity index is 3170. The standard InChI is InChI=1S/C60H55IO2/c1-9-36(3)60(28-12-11-13-29-63-55(62)10-2)53-33-39(38-17-23-46-47-27-21-44(61)35-52(47)59(7,8)51(46)32-38)18-24-48(53)49-25-19-40(34-54(49)60)45-22-16-37-14-15-41-30-43(58(4,5)6)31-42-20-26-50(45)57(37)56(41)42/h10,14-27,30-35H,2-3,9,11-13,28-29H2,1,4-8H3. The number of ether oxygens (including phenoxy) is 1. The molecule has 2 aliphatic rings. The first-order chi connectivity index (χ1) is 30.2. The van der Waals surface area contributed by atoms with Gasteiger partial charge in [-0.15, -0.1) is 0 Å². The van der Waals surface area contributed by atoms with Crippen LogP contribution in [0.4, 0.5) is 0 Å². The Morgan fingerprint density at radius 3 is 1.83 bits per heavy atom. The van der Waals surface area contributed by atoms with Gasteiger partial charge in [-0.1, -0.05) is 164 Å².